The van der Waals surface area contributed by atoms with Crippen LogP contribution in [0.15, 0.2) is 42.5 Å². The van der Waals surface area contributed by atoms with Crippen LogP contribution in [-0.2, 0) is 17.7 Å². The van der Waals surface area contributed by atoms with Crippen molar-refractivity contribution in [3.05, 3.63) is 69.2 Å². The third-order valence-corrected chi connectivity index (χ3v) is 4.49. The highest BCUT2D eigenvalue weighted by atomic mass is 35.5. The number of amides is 1. The summed E-state index contributed by atoms with van der Waals surface area (Å²) in [5, 5.41) is 3.71. The fourth-order valence-corrected chi connectivity index (χ4v) is 2.96. The summed E-state index contributed by atoms with van der Waals surface area (Å²) in [6.45, 7) is 0.351. The molecule has 0 aromatic heterocycles. The summed E-state index contributed by atoms with van der Waals surface area (Å²) in [5.74, 6) is 0. The van der Waals surface area contributed by atoms with Crippen molar-refractivity contribution in [2.45, 2.75) is 25.5 Å². The molecule has 2 aromatic rings. The summed E-state index contributed by atoms with van der Waals surface area (Å²) < 4.78 is 5.50. The molecule has 1 amide bonds. The second kappa shape index (κ2) is 6.59. The maximum absolute atomic E-state index is 11.9. The average Bonchev–Trinajstić information content (AvgIpc) is 2.92. The van der Waals surface area contributed by atoms with E-state index in [4.69, 9.17) is 27.9 Å². The summed E-state index contributed by atoms with van der Waals surface area (Å²) in [5.41, 5.74) is 3.23. The van der Waals surface area contributed by atoms with Crippen LogP contribution in [0.2, 0.25) is 10.0 Å². The predicted molar refractivity (Wildman–Crippen MR) is 87.3 cm³/mol. The van der Waals surface area contributed by atoms with E-state index in [1.54, 1.807) is 12.1 Å². The normalized spacial score (nSPS) is 16.2. The van der Waals surface area contributed by atoms with E-state index < -0.39 is 6.09 Å². The molecular weight excluding hydrogens is 321 g/mol. The fourth-order valence-electron chi connectivity index (χ4n) is 2.64. The van der Waals surface area contributed by atoms with Crippen molar-refractivity contribution in [2.75, 3.05) is 0 Å². The fraction of sp³-hybridized carbons (Fsp3) is 0.235. The number of carbonyl (C=O) groups is 1. The number of carbonyl (C=O) groups excluding carboxylic acids is 1. The van der Waals surface area contributed by atoms with Gasteiger partial charge in [-0.3, -0.25) is 0 Å². The molecule has 0 fully saturated rings. The van der Waals surface area contributed by atoms with E-state index in [1.165, 1.54) is 5.56 Å². The number of nitrogens with one attached hydrogen (secondary N) is 1. The van der Waals surface area contributed by atoms with Gasteiger partial charge in [-0.1, -0.05) is 53.5 Å². The van der Waals surface area contributed by atoms with Gasteiger partial charge in [0, 0.05) is 6.54 Å². The number of hydrogen-bond donors (Lipinski definition) is 1. The van der Waals surface area contributed by atoms with Crippen molar-refractivity contribution in [1.82, 2.24) is 5.32 Å². The van der Waals surface area contributed by atoms with E-state index in [9.17, 15) is 4.79 Å². The number of benzene rings is 2. The van der Waals surface area contributed by atoms with E-state index in [0.29, 0.717) is 16.6 Å². The molecule has 0 spiro atoms. The Morgan fingerprint density at radius 3 is 2.82 bits per heavy atom. The molecule has 0 heterocycles. The molecular formula is C17H15Cl2NO2. The first kappa shape index (κ1) is 15.2. The van der Waals surface area contributed by atoms with Gasteiger partial charge in [0.25, 0.3) is 0 Å². The molecule has 22 heavy (non-hydrogen) atoms. The van der Waals surface area contributed by atoms with Gasteiger partial charge in [-0.2, -0.15) is 0 Å². The number of ether oxygens (including phenoxy) is 1. The molecule has 3 nitrogen and oxygen atoms in total. The summed E-state index contributed by atoms with van der Waals surface area (Å²) >= 11 is 11.8. The Morgan fingerprint density at radius 1 is 1.18 bits per heavy atom. The van der Waals surface area contributed by atoms with Crippen LogP contribution < -0.4 is 5.32 Å². The largest absolute Gasteiger partial charge is 0.441 e. The molecule has 1 aliphatic carbocycles. The molecule has 0 radical (unpaired) electrons. The maximum Gasteiger partial charge on any atom is 0.408 e. The van der Waals surface area contributed by atoms with Crippen LogP contribution in [0, 0.1) is 0 Å². The molecule has 114 valence electrons. The number of fused-ring (bicyclic) bond motifs is 1. The highest BCUT2D eigenvalue weighted by Gasteiger charge is 2.25. The molecule has 2 aromatic carbocycles. The minimum atomic E-state index is -0.423. The summed E-state index contributed by atoms with van der Waals surface area (Å²) in [7, 11) is 0. The number of rotatable bonds is 3. The monoisotopic (exact) mass is 335 g/mol. The number of aryl methyl sites for hydroxylation is 1. The van der Waals surface area contributed by atoms with Crippen molar-refractivity contribution in [3.63, 3.8) is 0 Å². The van der Waals surface area contributed by atoms with E-state index in [-0.39, 0.29) is 6.10 Å². The Kier molecular flexibility index (Phi) is 4.55. The number of alkyl carbamates (subject to hydrolysis) is 1. The quantitative estimate of drug-likeness (QED) is 0.865. The first-order chi connectivity index (χ1) is 10.6. The van der Waals surface area contributed by atoms with Crippen molar-refractivity contribution in [3.8, 4) is 0 Å². The molecule has 0 saturated carbocycles. The van der Waals surface area contributed by atoms with Crippen LogP contribution in [0.4, 0.5) is 4.79 Å². The van der Waals surface area contributed by atoms with Gasteiger partial charge in [0.2, 0.25) is 0 Å². The molecule has 1 atom stereocenters. The van der Waals surface area contributed by atoms with Crippen LogP contribution in [0.1, 0.15) is 29.2 Å². The van der Waals surface area contributed by atoms with Crippen molar-refractivity contribution in [2.24, 2.45) is 0 Å². The minimum Gasteiger partial charge on any atom is -0.441 e. The lowest BCUT2D eigenvalue weighted by molar-refractivity contribution is 0.0978. The Balaban J connectivity index is 1.56. The van der Waals surface area contributed by atoms with E-state index in [1.807, 2.05) is 24.3 Å². The number of halogens is 2. The van der Waals surface area contributed by atoms with Gasteiger partial charge in [-0.05, 0) is 41.7 Å². The van der Waals surface area contributed by atoms with E-state index in [2.05, 4.69) is 11.4 Å². The van der Waals surface area contributed by atoms with Gasteiger partial charge in [0.05, 0.1) is 10.0 Å². The van der Waals surface area contributed by atoms with Crippen LogP contribution >= 0.6 is 23.2 Å². The second-order valence-electron chi connectivity index (χ2n) is 5.23. The van der Waals surface area contributed by atoms with Gasteiger partial charge >= 0.3 is 6.09 Å². The highest BCUT2D eigenvalue weighted by Crippen LogP contribution is 2.33. The second-order valence-corrected chi connectivity index (χ2v) is 6.05. The Hall–Kier alpha value is -1.71. The zero-order valence-corrected chi connectivity index (χ0v) is 13.3. The molecule has 0 aliphatic heterocycles. The molecule has 0 unspecified atom stereocenters. The minimum absolute atomic E-state index is 0.162. The van der Waals surface area contributed by atoms with Gasteiger partial charge in [-0.25, -0.2) is 4.79 Å². The first-order valence-electron chi connectivity index (χ1n) is 7.09. The molecule has 3 rings (SSSR count). The standard InChI is InChI=1S/C17H15Cl2NO2/c18-14-7-5-11(9-15(14)19)10-20-17(21)22-16-8-6-12-3-1-2-4-13(12)16/h1-5,7,9,16H,6,8,10H2,(H,20,21)/t16-/m0/s1. The molecule has 1 N–H and O–H groups in total. The Morgan fingerprint density at radius 2 is 2.00 bits per heavy atom. The third-order valence-electron chi connectivity index (χ3n) is 3.75. The highest BCUT2D eigenvalue weighted by molar-refractivity contribution is 6.42. The lowest BCUT2D eigenvalue weighted by Gasteiger charge is -2.14. The van der Waals surface area contributed by atoms with Crippen molar-refractivity contribution >= 4 is 29.3 Å². The summed E-state index contributed by atoms with van der Waals surface area (Å²) in [4.78, 5) is 11.9. The zero-order valence-electron chi connectivity index (χ0n) is 11.8. The topological polar surface area (TPSA) is 38.3 Å². The lowest BCUT2D eigenvalue weighted by Crippen LogP contribution is -2.25. The third kappa shape index (κ3) is 3.37. The smallest absolute Gasteiger partial charge is 0.408 e. The van der Waals surface area contributed by atoms with Crippen LogP contribution in [0.25, 0.3) is 0 Å². The predicted octanol–water partition coefficient (Wildman–Crippen LogP) is 4.91. The van der Waals surface area contributed by atoms with Gasteiger partial charge < -0.3 is 10.1 Å². The SMILES string of the molecule is O=C(NCc1ccc(Cl)c(Cl)c1)O[C@H]1CCc2ccccc21. The van der Waals surface area contributed by atoms with Crippen LogP contribution in [0.3, 0.4) is 0 Å². The summed E-state index contributed by atoms with van der Waals surface area (Å²) in [6.07, 6.45) is 1.19. The van der Waals surface area contributed by atoms with E-state index in [0.717, 1.165) is 24.0 Å². The van der Waals surface area contributed by atoms with E-state index >= 15 is 0 Å². The van der Waals surface area contributed by atoms with Crippen molar-refractivity contribution < 1.29 is 9.53 Å². The maximum atomic E-state index is 11.9. The molecule has 5 heteroatoms. The summed E-state index contributed by atoms with van der Waals surface area (Å²) in [6, 6.07) is 13.3. The Labute approximate surface area is 139 Å². The van der Waals surface area contributed by atoms with Gasteiger partial charge in [0.15, 0.2) is 0 Å². The number of hydrogen-bond acceptors (Lipinski definition) is 2. The molecule has 0 saturated heterocycles. The first-order valence-corrected chi connectivity index (χ1v) is 7.85. The van der Waals surface area contributed by atoms with Crippen LogP contribution in [-0.4, -0.2) is 6.09 Å². The van der Waals surface area contributed by atoms with Gasteiger partial charge in [0.1, 0.15) is 6.10 Å². The van der Waals surface area contributed by atoms with Crippen molar-refractivity contribution in [1.29, 1.82) is 0 Å². The van der Waals surface area contributed by atoms with Gasteiger partial charge in [-0.15, -0.1) is 0 Å². The Bertz CT molecular complexity index is 703. The average molecular weight is 336 g/mol. The molecule has 0 bridgehead atoms. The zero-order chi connectivity index (χ0) is 15.5. The lowest BCUT2D eigenvalue weighted by atomic mass is 10.1. The molecule has 1 aliphatic rings. The van der Waals surface area contributed by atoms with Crippen LogP contribution in [0.5, 0.6) is 0 Å².